The van der Waals surface area contributed by atoms with Crippen LogP contribution in [0.2, 0.25) is 0 Å². The van der Waals surface area contributed by atoms with E-state index in [0.29, 0.717) is 11.5 Å². The summed E-state index contributed by atoms with van der Waals surface area (Å²) in [5, 5.41) is 0. The Bertz CT molecular complexity index is 155. The molecule has 2 aliphatic carbocycles. The summed E-state index contributed by atoms with van der Waals surface area (Å²) in [4.78, 5) is 0. The smallest absolute Gasteiger partial charge is 0.0631 e. The Labute approximate surface area is 69.1 Å². The van der Waals surface area contributed by atoms with Crippen molar-refractivity contribution in [3.05, 3.63) is 0 Å². The third-order valence-electron chi connectivity index (χ3n) is 3.57. The van der Waals surface area contributed by atoms with Crippen LogP contribution in [0.3, 0.4) is 0 Å². The number of rotatable bonds is 2. The highest BCUT2D eigenvalue weighted by Gasteiger charge is 2.49. The fraction of sp³-hybridized carbons (Fsp3) is 1.00. The standard InChI is InChI=1S/C10H18O/c1-3-11-9-6-8-4-5-10(9,2)7-8/h8-9H,3-7H2,1-2H3. The molecule has 11 heavy (non-hydrogen) atoms. The molecule has 2 rings (SSSR count). The van der Waals surface area contributed by atoms with Crippen molar-refractivity contribution in [2.24, 2.45) is 11.3 Å². The summed E-state index contributed by atoms with van der Waals surface area (Å²) in [5.74, 6) is 0.997. The van der Waals surface area contributed by atoms with Crippen molar-refractivity contribution < 1.29 is 4.74 Å². The maximum atomic E-state index is 5.74. The number of hydrogen-bond acceptors (Lipinski definition) is 1. The van der Waals surface area contributed by atoms with Crippen molar-refractivity contribution in [3.8, 4) is 0 Å². The van der Waals surface area contributed by atoms with Crippen LogP contribution in [0.15, 0.2) is 0 Å². The zero-order valence-corrected chi connectivity index (χ0v) is 7.60. The number of ether oxygens (including phenoxy) is 1. The van der Waals surface area contributed by atoms with E-state index >= 15 is 0 Å². The lowest BCUT2D eigenvalue weighted by Gasteiger charge is -2.30. The summed E-state index contributed by atoms with van der Waals surface area (Å²) in [7, 11) is 0. The van der Waals surface area contributed by atoms with Crippen LogP contribution in [0, 0.1) is 11.3 Å². The maximum absolute atomic E-state index is 5.74. The van der Waals surface area contributed by atoms with Crippen molar-refractivity contribution in [2.45, 2.75) is 45.6 Å². The third-order valence-corrected chi connectivity index (χ3v) is 3.57. The quantitative estimate of drug-likeness (QED) is 0.594. The third kappa shape index (κ3) is 1.10. The Morgan fingerprint density at radius 2 is 2.36 bits per heavy atom. The van der Waals surface area contributed by atoms with Crippen molar-refractivity contribution in [1.82, 2.24) is 0 Å². The minimum atomic E-state index is 0.556. The van der Waals surface area contributed by atoms with Gasteiger partial charge in [-0.1, -0.05) is 6.92 Å². The Kier molecular flexibility index (Phi) is 1.71. The first kappa shape index (κ1) is 7.60. The van der Waals surface area contributed by atoms with Crippen molar-refractivity contribution in [2.75, 3.05) is 6.61 Å². The Balaban J connectivity index is 2.03. The van der Waals surface area contributed by atoms with Gasteiger partial charge in [-0.25, -0.2) is 0 Å². The summed E-state index contributed by atoms with van der Waals surface area (Å²) in [6, 6.07) is 0. The van der Waals surface area contributed by atoms with E-state index in [-0.39, 0.29) is 0 Å². The number of fused-ring (bicyclic) bond motifs is 2. The predicted molar refractivity (Wildman–Crippen MR) is 45.5 cm³/mol. The Morgan fingerprint density at radius 1 is 1.55 bits per heavy atom. The normalized spacial score (nSPS) is 48.5. The molecule has 0 aliphatic heterocycles. The topological polar surface area (TPSA) is 9.23 Å². The lowest BCUT2D eigenvalue weighted by atomic mass is 9.84. The summed E-state index contributed by atoms with van der Waals surface area (Å²) >= 11 is 0. The second-order valence-corrected chi connectivity index (χ2v) is 4.44. The monoisotopic (exact) mass is 154 g/mol. The molecule has 3 unspecified atom stereocenters. The average Bonchev–Trinajstić information content (AvgIpc) is 2.44. The molecular formula is C10H18O. The molecule has 2 saturated carbocycles. The van der Waals surface area contributed by atoms with Gasteiger partial charge in [-0.05, 0) is 43.9 Å². The molecule has 2 fully saturated rings. The van der Waals surface area contributed by atoms with Crippen molar-refractivity contribution in [3.63, 3.8) is 0 Å². The van der Waals surface area contributed by atoms with Crippen LogP contribution in [-0.2, 0) is 4.74 Å². The van der Waals surface area contributed by atoms with E-state index in [4.69, 9.17) is 4.74 Å². The van der Waals surface area contributed by atoms with Gasteiger partial charge in [-0.3, -0.25) is 0 Å². The SMILES string of the molecule is CCOC1CC2CCC1(C)C2. The molecule has 0 aromatic rings. The Morgan fingerprint density at radius 3 is 2.82 bits per heavy atom. The van der Waals surface area contributed by atoms with Crippen molar-refractivity contribution in [1.29, 1.82) is 0 Å². The summed E-state index contributed by atoms with van der Waals surface area (Å²) in [6.07, 6.45) is 6.22. The molecule has 0 spiro atoms. The summed E-state index contributed by atoms with van der Waals surface area (Å²) in [6.45, 7) is 5.41. The van der Waals surface area contributed by atoms with Crippen LogP contribution in [0.5, 0.6) is 0 Å². The lowest BCUT2D eigenvalue weighted by molar-refractivity contribution is -0.0168. The van der Waals surface area contributed by atoms with E-state index < -0.39 is 0 Å². The molecule has 0 heterocycles. The van der Waals surface area contributed by atoms with Gasteiger partial charge in [-0.2, -0.15) is 0 Å². The van der Waals surface area contributed by atoms with Gasteiger partial charge in [0.25, 0.3) is 0 Å². The molecule has 64 valence electrons. The zero-order valence-electron chi connectivity index (χ0n) is 7.60. The first-order chi connectivity index (χ1) is 5.24. The van der Waals surface area contributed by atoms with Gasteiger partial charge in [0.05, 0.1) is 6.10 Å². The van der Waals surface area contributed by atoms with Crippen LogP contribution in [0.25, 0.3) is 0 Å². The predicted octanol–water partition coefficient (Wildman–Crippen LogP) is 2.60. The fourth-order valence-electron chi connectivity index (χ4n) is 2.95. The van der Waals surface area contributed by atoms with Gasteiger partial charge in [-0.15, -0.1) is 0 Å². The summed E-state index contributed by atoms with van der Waals surface area (Å²) in [5.41, 5.74) is 0.556. The Hall–Kier alpha value is -0.0400. The van der Waals surface area contributed by atoms with E-state index in [1.807, 2.05) is 0 Å². The molecule has 1 nitrogen and oxygen atoms in total. The minimum Gasteiger partial charge on any atom is -0.378 e. The second-order valence-electron chi connectivity index (χ2n) is 4.44. The maximum Gasteiger partial charge on any atom is 0.0631 e. The van der Waals surface area contributed by atoms with E-state index in [2.05, 4.69) is 13.8 Å². The van der Waals surface area contributed by atoms with E-state index in [9.17, 15) is 0 Å². The fourth-order valence-corrected chi connectivity index (χ4v) is 2.95. The molecule has 0 aromatic heterocycles. The van der Waals surface area contributed by atoms with E-state index in [0.717, 1.165) is 12.5 Å². The summed E-state index contributed by atoms with van der Waals surface area (Å²) < 4.78 is 5.74. The van der Waals surface area contributed by atoms with Gasteiger partial charge in [0.1, 0.15) is 0 Å². The molecule has 0 saturated heterocycles. The van der Waals surface area contributed by atoms with Crippen molar-refractivity contribution >= 4 is 0 Å². The molecule has 3 atom stereocenters. The highest BCUT2D eigenvalue weighted by atomic mass is 16.5. The second kappa shape index (κ2) is 2.48. The average molecular weight is 154 g/mol. The molecular weight excluding hydrogens is 136 g/mol. The molecule has 0 radical (unpaired) electrons. The van der Waals surface area contributed by atoms with Crippen LogP contribution in [0.1, 0.15) is 39.5 Å². The van der Waals surface area contributed by atoms with E-state index in [1.54, 1.807) is 0 Å². The lowest BCUT2D eigenvalue weighted by Crippen LogP contribution is -2.29. The highest BCUT2D eigenvalue weighted by Crippen LogP contribution is 2.54. The first-order valence-electron chi connectivity index (χ1n) is 4.86. The molecule has 0 amide bonds. The van der Waals surface area contributed by atoms with Crippen LogP contribution in [0.4, 0.5) is 0 Å². The molecule has 1 heteroatoms. The van der Waals surface area contributed by atoms with Gasteiger partial charge >= 0.3 is 0 Å². The van der Waals surface area contributed by atoms with Crippen LogP contribution in [-0.4, -0.2) is 12.7 Å². The van der Waals surface area contributed by atoms with E-state index in [1.165, 1.54) is 25.7 Å². The first-order valence-corrected chi connectivity index (χ1v) is 4.86. The number of hydrogen-bond donors (Lipinski definition) is 0. The largest absolute Gasteiger partial charge is 0.378 e. The van der Waals surface area contributed by atoms with Crippen LogP contribution >= 0.6 is 0 Å². The van der Waals surface area contributed by atoms with Gasteiger partial charge in [0.2, 0.25) is 0 Å². The van der Waals surface area contributed by atoms with Crippen LogP contribution < -0.4 is 0 Å². The van der Waals surface area contributed by atoms with Gasteiger partial charge < -0.3 is 4.74 Å². The van der Waals surface area contributed by atoms with Gasteiger partial charge in [0.15, 0.2) is 0 Å². The molecule has 0 N–H and O–H groups in total. The minimum absolute atomic E-state index is 0.556. The highest BCUT2D eigenvalue weighted by molar-refractivity contribution is 4.99. The molecule has 2 aliphatic rings. The molecule has 0 aromatic carbocycles. The van der Waals surface area contributed by atoms with Gasteiger partial charge in [0, 0.05) is 6.61 Å². The zero-order chi connectivity index (χ0) is 7.90. The molecule has 2 bridgehead atoms.